The van der Waals surface area contributed by atoms with E-state index in [9.17, 15) is 0 Å². The molecule has 1 aliphatic heterocycles. The van der Waals surface area contributed by atoms with Gasteiger partial charge in [-0.15, -0.1) is 0 Å². The second-order valence-electron chi connectivity index (χ2n) is 10.4. The van der Waals surface area contributed by atoms with E-state index in [1.54, 1.807) is 0 Å². The zero-order valence-corrected chi connectivity index (χ0v) is 23.9. The van der Waals surface area contributed by atoms with Crippen LogP contribution in [-0.4, -0.2) is 15.8 Å². The molecule has 0 saturated carbocycles. The minimum atomic E-state index is -0.255. The number of para-hydroxylation sites is 3. The van der Waals surface area contributed by atoms with Gasteiger partial charge in [-0.1, -0.05) is 109 Å². The zero-order valence-electron chi connectivity index (χ0n) is 23.9. The van der Waals surface area contributed by atoms with Crippen LogP contribution in [0.4, 0.5) is 17.1 Å². The van der Waals surface area contributed by atoms with Crippen LogP contribution in [0.1, 0.15) is 24.4 Å². The fourth-order valence-electron chi connectivity index (χ4n) is 5.86. The number of nitrogen functional groups attached to an aromatic ring is 1. The van der Waals surface area contributed by atoms with E-state index >= 15 is 0 Å². The average Bonchev–Trinajstić information content (AvgIpc) is 3.70. The molecular weight excluding hydrogens is 526 g/mol. The standard InChI is InChI=1S/C38H31N5/c1-2-3-5-21-32-38(43-33-23-12-9-18-28(33)29-19-10-13-24-34(29)43)35(39)37(36(42-32)31-22-14-25-40-31)41-30-20-11-8-17-27(30)26-15-6-4-7-16-26/h2-25,31,41H,1H3,(H2,39,42)/b3-2-,21-5+. The number of allylic oxidation sites excluding steroid dienone is 4. The number of anilines is 3. The third kappa shape index (κ3) is 4.71. The van der Waals surface area contributed by atoms with Gasteiger partial charge in [-0.05, 0) is 42.8 Å². The molecule has 2 aromatic heterocycles. The molecule has 0 bridgehead atoms. The number of hydrogen-bond acceptors (Lipinski definition) is 4. The molecule has 43 heavy (non-hydrogen) atoms. The monoisotopic (exact) mass is 557 g/mol. The van der Waals surface area contributed by atoms with E-state index < -0.39 is 0 Å². The Morgan fingerprint density at radius 1 is 0.791 bits per heavy atom. The smallest absolute Gasteiger partial charge is 0.113 e. The van der Waals surface area contributed by atoms with Crippen molar-refractivity contribution in [3.8, 4) is 16.8 Å². The van der Waals surface area contributed by atoms with Crippen LogP contribution in [0.25, 0.3) is 44.7 Å². The van der Waals surface area contributed by atoms with E-state index in [-0.39, 0.29) is 6.04 Å². The van der Waals surface area contributed by atoms with Gasteiger partial charge in [0.25, 0.3) is 0 Å². The molecule has 6 aromatic rings. The number of nitrogens with one attached hydrogen (secondary N) is 1. The molecule has 4 aromatic carbocycles. The lowest BCUT2D eigenvalue weighted by Gasteiger charge is -2.23. The third-order valence-corrected chi connectivity index (χ3v) is 7.80. The largest absolute Gasteiger partial charge is 0.395 e. The lowest BCUT2D eigenvalue weighted by Crippen LogP contribution is -2.12. The fraction of sp³-hybridized carbons (Fsp3) is 0.0526. The normalized spacial score (nSPS) is 14.6. The van der Waals surface area contributed by atoms with Gasteiger partial charge in [0, 0.05) is 28.2 Å². The molecule has 3 N–H and O–H groups in total. The molecule has 0 spiro atoms. The predicted molar refractivity (Wildman–Crippen MR) is 182 cm³/mol. The first kappa shape index (κ1) is 26.2. The Bertz CT molecular complexity index is 2010. The Morgan fingerprint density at radius 3 is 2.16 bits per heavy atom. The average molecular weight is 558 g/mol. The highest BCUT2D eigenvalue weighted by atomic mass is 15.1. The lowest BCUT2D eigenvalue weighted by atomic mass is 10.0. The van der Waals surface area contributed by atoms with E-state index in [0.29, 0.717) is 5.69 Å². The summed E-state index contributed by atoms with van der Waals surface area (Å²) < 4.78 is 2.24. The quantitative estimate of drug-likeness (QED) is 0.192. The molecule has 3 heterocycles. The van der Waals surface area contributed by atoms with Crippen LogP contribution in [0.2, 0.25) is 0 Å². The number of hydrogen-bond donors (Lipinski definition) is 2. The molecule has 0 radical (unpaired) electrons. The van der Waals surface area contributed by atoms with Crippen molar-refractivity contribution >= 4 is 51.2 Å². The summed E-state index contributed by atoms with van der Waals surface area (Å²) >= 11 is 0. The summed E-state index contributed by atoms with van der Waals surface area (Å²) in [6.07, 6.45) is 13.9. The van der Waals surface area contributed by atoms with Crippen molar-refractivity contribution in [1.82, 2.24) is 9.55 Å². The van der Waals surface area contributed by atoms with Gasteiger partial charge in [-0.2, -0.15) is 0 Å². The number of rotatable bonds is 7. The fourth-order valence-corrected chi connectivity index (χ4v) is 5.86. The maximum Gasteiger partial charge on any atom is 0.113 e. The van der Waals surface area contributed by atoms with Crippen LogP contribution < -0.4 is 11.1 Å². The summed E-state index contributed by atoms with van der Waals surface area (Å²) in [5.41, 5.74) is 16.3. The van der Waals surface area contributed by atoms with Gasteiger partial charge in [-0.3, -0.25) is 4.99 Å². The van der Waals surface area contributed by atoms with Gasteiger partial charge < -0.3 is 15.6 Å². The van der Waals surface area contributed by atoms with E-state index in [4.69, 9.17) is 15.7 Å². The molecule has 1 aliphatic rings. The van der Waals surface area contributed by atoms with E-state index in [0.717, 1.165) is 61.4 Å². The number of aromatic nitrogens is 2. The van der Waals surface area contributed by atoms with Crippen molar-refractivity contribution < 1.29 is 0 Å². The Balaban J connectivity index is 1.53. The third-order valence-electron chi connectivity index (χ3n) is 7.80. The Morgan fingerprint density at radius 2 is 1.47 bits per heavy atom. The van der Waals surface area contributed by atoms with Crippen molar-refractivity contribution in [2.24, 2.45) is 4.99 Å². The van der Waals surface area contributed by atoms with Gasteiger partial charge in [0.15, 0.2) is 0 Å². The SMILES string of the molecule is C/C=C\C=C\c1nc(C2C=CC=N2)c(Nc2ccccc2-c2ccccc2)c(N)c1-n1c2ccccc2c2ccccc21. The summed E-state index contributed by atoms with van der Waals surface area (Å²) in [6, 6.07) is 35.3. The van der Waals surface area contributed by atoms with Gasteiger partial charge in [0.1, 0.15) is 6.04 Å². The molecule has 208 valence electrons. The minimum absolute atomic E-state index is 0.255. The van der Waals surface area contributed by atoms with Gasteiger partial charge in [0.2, 0.25) is 0 Å². The van der Waals surface area contributed by atoms with Gasteiger partial charge in [-0.25, -0.2) is 4.98 Å². The first-order valence-corrected chi connectivity index (χ1v) is 14.5. The van der Waals surface area contributed by atoms with Crippen LogP contribution in [0.15, 0.2) is 139 Å². The molecule has 0 fully saturated rings. The summed E-state index contributed by atoms with van der Waals surface area (Å²) in [5, 5.41) is 6.06. The van der Waals surface area contributed by atoms with Crippen molar-refractivity contribution in [1.29, 1.82) is 0 Å². The van der Waals surface area contributed by atoms with Crippen LogP contribution in [0, 0.1) is 0 Å². The van der Waals surface area contributed by atoms with Crippen LogP contribution >= 0.6 is 0 Å². The van der Waals surface area contributed by atoms with Crippen LogP contribution in [-0.2, 0) is 0 Å². The van der Waals surface area contributed by atoms with Gasteiger partial charge >= 0.3 is 0 Å². The van der Waals surface area contributed by atoms with Crippen molar-refractivity contribution in [2.45, 2.75) is 13.0 Å². The summed E-state index contributed by atoms with van der Waals surface area (Å²) in [7, 11) is 0. The molecule has 7 rings (SSSR count). The van der Waals surface area contributed by atoms with Crippen molar-refractivity contribution in [3.63, 3.8) is 0 Å². The number of nitrogens with zero attached hydrogens (tertiary/aromatic N) is 3. The lowest BCUT2D eigenvalue weighted by molar-refractivity contribution is 0.879. The Kier molecular flexibility index (Phi) is 6.89. The molecule has 0 amide bonds. The number of nitrogens with two attached hydrogens (primary N) is 1. The number of fused-ring (bicyclic) bond motifs is 3. The summed E-state index contributed by atoms with van der Waals surface area (Å²) in [4.78, 5) is 10.0. The van der Waals surface area contributed by atoms with Gasteiger partial charge in [0.05, 0.1) is 39.5 Å². The van der Waals surface area contributed by atoms with E-state index in [1.807, 2.05) is 55.7 Å². The second kappa shape index (κ2) is 11.3. The number of pyridine rings is 1. The van der Waals surface area contributed by atoms with E-state index in [1.165, 1.54) is 0 Å². The summed E-state index contributed by atoms with van der Waals surface area (Å²) in [5.74, 6) is 0. The molecule has 0 saturated heterocycles. The maximum atomic E-state index is 7.32. The molecule has 5 nitrogen and oxygen atoms in total. The van der Waals surface area contributed by atoms with E-state index in [2.05, 4.69) is 107 Å². The minimum Gasteiger partial charge on any atom is -0.395 e. The predicted octanol–water partition coefficient (Wildman–Crippen LogP) is 9.44. The highest BCUT2D eigenvalue weighted by molar-refractivity contribution is 6.10. The first-order valence-electron chi connectivity index (χ1n) is 14.5. The molecule has 0 aliphatic carbocycles. The molecular formula is C38H31N5. The first-order chi connectivity index (χ1) is 21.2. The maximum absolute atomic E-state index is 7.32. The number of benzene rings is 4. The Hall–Kier alpha value is -5.68. The van der Waals surface area contributed by atoms with Crippen LogP contribution in [0.3, 0.4) is 0 Å². The summed E-state index contributed by atoms with van der Waals surface area (Å²) in [6.45, 7) is 2.00. The van der Waals surface area contributed by atoms with Crippen LogP contribution in [0.5, 0.6) is 0 Å². The topological polar surface area (TPSA) is 68.2 Å². The second-order valence-corrected chi connectivity index (χ2v) is 10.4. The molecule has 5 heteroatoms. The highest BCUT2D eigenvalue weighted by Crippen LogP contribution is 2.43. The molecule has 1 unspecified atom stereocenters. The Labute approximate surface area is 251 Å². The highest BCUT2D eigenvalue weighted by Gasteiger charge is 2.26. The zero-order chi connectivity index (χ0) is 29.2. The molecule has 1 atom stereocenters. The number of aliphatic imine (C=N–C) groups is 1. The van der Waals surface area contributed by atoms with Crippen molar-refractivity contribution in [2.75, 3.05) is 11.1 Å². The van der Waals surface area contributed by atoms with Crippen molar-refractivity contribution in [3.05, 3.63) is 145 Å².